The van der Waals surface area contributed by atoms with Gasteiger partial charge in [0, 0.05) is 50.2 Å². The van der Waals surface area contributed by atoms with Crippen LogP contribution >= 0.6 is 11.3 Å². The summed E-state index contributed by atoms with van der Waals surface area (Å²) in [5.74, 6) is 0.418. The van der Waals surface area contributed by atoms with Crippen LogP contribution in [0.5, 0.6) is 0 Å². The van der Waals surface area contributed by atoms with Crippen molar-refractivity contribution in [1.29, 1.82) is 0 Å². The van der Waals surface area contributed by atoms with Gasteiger partial charge in [0.25, 0.3) is 0 Å². The summed E-state index contributed by atoms with van der Waals surface area (Å²) in [5.41, 5.74) is 1.74. The van der Waals surface area contributed by atoms with Gasteiger partial charge in [-0.15, -0.1) is 11.3 Å². The molecule has 140 valence electrons. The van der Waals surface area contributed by atoms with E-state index in [0.717, 1.165) is 29.5 Å². The van der Waals surface area contributed by atoms with Crippen LogP contribution in [-0.2, 0) is 7.05 Å². The number of carbonyl (C=O) groups excluding carboxylic acids is 1. The van der Waals surface area contributed by atoms with Crippen molar-refractivity contribution in [3.63, 3.8) is 0 Å². The number of urea groups is 1. The second-order valence-electron chi connectivity index (χ2n) is 6.27. The van der Waals surface area contributed by atoms with Crippen LogP contribution in [0.25, 0.3) is 11.3 Å². The molecule has 1 N–H and O–H groups in total. The molecule has 2 amide bonds. The molecule has 3 aromatic rings. The predicted octanol–water partition coefficient (Wildman–Crippen LogP) is 3.04. The zero-order valence-corrected chi connectivity index (χ0v) is 15.6. The minimum absolute atomic E-state index is 0.121. The number of halogens is 1. The minimum Gasteiger partial charge on any atom is -0.345 e. The summed E-state index contributed by atoms with van der Waals surface area (Å²) < 4.78 is 14.7. The van der Waals surface area contributed by atoms with Gasteiger partial charge in [0.15, 0.2) is 5.13 Å². The molecule has 1 aliphatic heterocycles. The summed E-state index contributed by atoms with van der Waals surface area (Å²) in [4.78, 5) is 21.0. The van der Waals surface area contributed by atoms with Crippen molar-refractivity contribution in [3.8, 4) is 11.3 Å². The quantitative estimate of drug-likeness (QED) is 0.751. The van der Waals surface area contributed by atoms with E-state index >= 15 is 0 Å². The molecule has 9 heteroatoms. The molecule has 7 nitrogen and oxygen atoms in total. The third-order valence-corrected chi connectivity index (χ3v) is 5.43. The van der Waals surface area contributed by atoms with Crippen molar-refractivity contribution in [2.24, 2.45) is 7.05 Å². The first-order valence-electron chi connectivity index (χ1n) is 8.60. The maximum atomic E-state index is 13.1. The Morgan fingerprint density at radius 1 is 1.15 bits per heavy atom. The minimum atomic E-state index is -0.255. The van der Waals surface area contributed by atoms with E-state index in [1.54, 1.807) is 52.4 Å². The fourth-order valence-corrected chi connectivity index (χ4v) is 3.84. The van der Waals surface area contributed by atoms with Gasteiger partial charge in [0.05, 0.1) is 11.9 Å². The lowest BCUT2D eigenvalue weighted by Crippen LogP contribution is -2.50. The number of benzene rings is 1. The number of piperazine rings is 1. The van der Waals surface area contributed by atoms with Crippen molar-refractivity contribution in [1.82, 2.24) is 19.7 Å². The number of thiazole rings is 1. The van der Waals surface area contributed by atoms with Crippen LogP contribution in [0.4, 0.5) is 20.1 Å². The highest BCUT2D eigenvalue weighted by Crippen LogP contribution is 2.28. The van der Waals surface area contributed by atoms with E-state index in [1.165, 1.54) is 12.1 Å². The van der Waals surface area contributed by atoms with E-state index in [1.807, 2.05) is 5.38 Å². The standard InChI is InChI=1S/C18H19FN6OS/c1-23-16(6-7-20-23)22-17(26)24-8-10-25(11-9-24)18-21-15(12-27-18)13-2-4-14(19)5-3-13/h2-7,12H,8-11H2,1H3,(H,22,26). The van der Waals surface area contributed by atoms with Crippen molar-refractivity contribution in [3.05, 3.63) is 47.7 Å². The number of hydrogen-bond acceptors (Lipinski definition) is 5. The van der Waals surface area contributed by atoms with Gasteiger partial charge in [-0.2, -0.15) is 5.10 Å². The van der Waals surface area contributed by atoms with Gasteiger partial charge in [0.1, 0.15) is 11.6 Å². The lowest BCUT2D eigenvalue weighted by atomic mass is 10.2. The first-order valence-corrected chi connectivity index (χ1v) is 9.48. The molecule has 0 atom stereocenters. The topological polar surface area (TPSA) is 66.3 Å². The molecule has 0 aliphatic carbocycles. The fourth-order valence-electron chi connectivity index (χ4n) is 2.95. The molecule has 0 saturated carbocycles. The summed E-state index contributed by atoms with van der Waals surface area (Å²) in [7, 11) is 1.79. The first kappa shape index (κ1) is 17.5. The maximum Gasteiger partial charge on any atom is 0.323 e. The summed E-state index contributed by atoms with van der Waals surface area (Å²) in [6.07, 6.45) is 1.65. The fraction of sp³-hybridized carbons (Fsp3) is 0.278. The van der Waals surface area contributed by atoms with Crippen molar-refractivity contribution >= 4 is 28.3 Å². The van der Waals surface area contributed by atoms with E-state index in [2.05, 4.69) is 20.3 Å². The third kappa shape index (κ3) is 3.77. The van der Waals surface area contributed by atoms with Crippen LogP contribution in [0.15, 0.2) is 41.9 Å². The highest BCUT2D eigenvalue weighted by molar-refractivity contribution is 7.14. The second-order valence-corrected chi connectivity index (χ2v) is 7.10. The molecule has 0 bridgehead atoms. The molecule has 0 spiro atoms. The molecular weight excluding hydrogens is 367 g/mol. The summed E-state index contributed by atoms with van der Waals surface area (Å²) in [5, 5.41) is 9.81. The van der Waals surface area contributed by atoms with Gasteiger partial charge in [-0.25, -0.2) is 14.2 Å². The Morgan fingerprint density at radius 2 is 1.89 bits per heavy atom. The Labute approximate surface area is 160 Å². The summed E-state index contributed by atoms with van der Waals surface area (Å²) in [6.45, 7) is 2.68. The normalized spacial score (nSPS) is 14.4. The van der Waals surface area contributed by atoms with Crippen LogP contribution < -0.4 is 10.2 Å². The number of anilines is 2. The van der Waals surface area contributed by atoms with Crippen LogP contribution in [0.1, 0.15) is 0 Å². The van der Waals surface area contributed by atoms with E-state index in [-0.39, 0.29) is 11.8 Å². The molecule has 4 rings (SSSR count). The second kappa shape index (κ2) is 7.36. The van der Waals surface area contributed by atoms with Crippen molar-refractivity contribution < 1.29 is 9.18 Å². The maximum absolute atomic E-state index is 13.1. The number of amides is 2. The summed E-state index contributed by atoms with van der Waals surface area (Å²) in [6, 6.07) is 7.98. The lowest BCUT2D eigenvalue weighted by molar-refractivity contribution is 0.208. The highest BCUT2D eigenvalue weighted by atomic mass is 32.1. The van der Waals surface area contributed by atoms with Gasteiger partial charge in [-0.1, -0.05) is 0 Å². The zero-order valence-electron chi connectivity index (χ0n) is 14.8. The van der Waals surface area contributed by atoms with Crippen molar-refractivity contribution in [2.45, 2.75) is 0 Å². The van der Waals surface area contributed by atoms with Crippen LogP contribution in [0.2, 0.25) is 0 Å². The van der Waals surface area contributed by atoms with Crippen LogP contribution in [0, 0.1) is 5.82 Å². The number of rotatable bonds is 3. The van der Waals surface area contributed by atoms with Gasteiger partial charge in [-0.3, -0.25) is 10.00 Å². The Morgan fingerprint density at radius 3 is 2.56 bits per heavy atom. The smallest absolute Gasteiger partial charge is 0.323 e. The average Bonchev–Trinajstić information content (AvgIpc) is 3.32. The van der Waals surface area contributed by atoms with E-state index in [4.69, 9.17) is 0 Å². The molecule has 3 heterocycles. The molecule has 2 aromatic heterocycles. The molecular formula is C18H19FN6OS. The Balaban J connectivity index is 1.36. The first-order chi connectivity index (χ1) is 13.1. The van der Waals surface area contributed by atoms with E-state index in [0.29, 0.717) is 18.9 Å². The highest BCUT2D eigenvalue weighted by Gasteiger charge is 2.23. The molecule has 1 aromatic carbocycles. The molecule has 0 unspecified atom stereocenters. The number of nitrogens with zero attached hydrogens (tertiary/aromatic N) is 5. The molecule has 1 fully saturated rings. The van der Waals surface area contributed by atoms with Crippen molar-refractivity contribution in [2.75, 3.05) is 36.4 Å². The number of aryl methyl sites for hydroxylation is 1. The molecule has 1 aliphatic rings. The zero-order chi connectivity index (χ0) is 18.8. The van der Waals surface area contributed by atoms with E-state index in [9.17, 15) is 9.18 Å². The van der Waals surface area contributed by atoms with Gasteiger partial charge < -0.3 is 9.80 Å². The number of aromatic nitrogens is 3. The lowest BCUT2D eigenvalue weighted by Gasteiger charge is -2.34. The van der Waals surface area contributed by atoms with Gasteiger partial charge >= 0.3 is 6.03 Å². The van der Waals surface area contributed by atoms with E-state index < -0.39 is 0 Å². The number of carbonyl (C=O) groups is 1. The monoisotopic (exact) mass is 386 g/mol. The molecule has 0 radical (unpaired) electrons. The molecule has 1 saturated heterocycles. The number of nitrogens with one attached hydrogen (secondary N) is 1. The van der Waals surface area contributed by atoms with Crippen LogP contribution in [-0.4, -0.2) is 51.9 Å². The SMILES string of the molecule is Cn1nccc1NC(=O)N1CCN(c2nc(-c3ccc(F)cc3)cs2)CC1. The van der Waals surface area contributed by atoms with Crippen LogP contribution in [0.3, 0.4) is 0 Å². The Kier molecular flexibility index (Phi) is 4.76. The summed E-state index contributed by atoms with van der Waals surface area (Å²) >= 11 is 1.56. The Bertz CT molecular complexity index is 929. The Hall–Kier alpha value is -2.94. The van der Waals surface area contributed by atoms with Gasteiger partial charge in [-0.05, 0) is 24.3 Å². The third-order valence-electron chi connectivity index (χ3n) is 4.53. The van der Waals surface area contributed by atoms with Gasteiger partial charge in [0.2, 0.25) is 0 Å². The largest absolute Gasteiger partial charge is 0.345 e. The number of hydrogen-bond donors (Lipinski definition) is 1. The predicted molar refractivity (Wildman–Crippen MR) is 104 cm³/mol. The average molecular weight is 386 g/mol. The molecule has 27 heavy (non-hydrogen) atoms.